The van der Waals surface area contributed by atoms with Gasteiger partial charge in [0.15, 0.2) is 0 Å². The highest BCUT2D eigenvalue weighted by Gasteiger charge is 2.27. The first-order valence-electron chi connectivity index (χ1n) is 8.11. The molecule has 1 saturated heterocycles. The number of benzene rings is 2. The van der Waals surface area contributed by atoms with E-state index in [1.165, 1.54) is 0 Å². The van der Waals surface area contributed by atoms with Gasteiger partial charge in [-0.05, 0) is 42.8 Å². The lowest BCUT2D eigenvalue weighted by atomic mass is 10.1. The number of ether oxygens (including phenoxy) is 1. The van der Waals surface area contributed by atoms with Crippen LogP contribution in [0.1, 0.15) is 16.8 Å². The average molecular weight is 326 g/mol. The number of carbonyl (C=O) groups is 1. The van der Waals surface area contributed by atoms with Crippen molar-refractivity contribution >= 4 is 17.3 Å². The average Bonchev–Trinajstić information content (AvgIpc) is 3.11. The van der Waals surface area contributed by atoms with Crippen LogP contribution in [-0.4, -0.2) is 42.7 Å². The van der Waals surface area contributed by atoms with Crippen molar-refractivity contribution in [2.45, 2.75) is 6.42 Å². The van der Waals surface area contributed by atoms with Crippen molar-refractivity contribution < 1.29 is 14.6 Å². The minimum atomic E-state index is 0.00237. The molecule has 1 amide bonds. The predicted molar refractivity (Wildman–Crippen MR) is 93.8 cm³/mol. The fraction of sp³-hybridized carbons (Fsp3) is 0.316. The minimum Gasteiger partial charge on any atom is -0.497 e. The van der Waals surface area contributed by atoms with Crippen LogP contribution in [0.2, 0.25) is 0 Å². The number of hydrogen-bond acceptors (Lipinski definition) is 4. The molecular formula is C19H22N2O3. The van der Waals surface area contributed by atoms with Crippen LogP contribution < -0.4 is 10.1 Å². The number of methoxy groups -OCH3 is 1. The number of carbonyl (C=O) groups excluding carboxylic acids is 1. The van der Waals surface area contributed by atoms with Gasteiger partial charge in [0.2, 0.25) is 0 Å². The first kappa shape index (κ1) is 16.3. The van der Waals surface area contributed by atoms with Gasteiger partial charge in [-0.25, -0.2) is 0 Å². The molecule has 2 aromatic carbocycles. The molecule has 24 heavy (non-hydrogen) atoms. The van der Waals surface area contributed by atoms with E-state index in [0.29, 0.717) is 18.7 Å². The molecule has 0 saturated carbocycles. The molecule has 5 heteroatoms. The van der Waals surface area contributed by atoms with Gasteiger partial charge in [-0.2, -0.15) is 0 Å². The first-order chi connectivity index (χ1) is 11.7. The second kappa shape index (κ2) is 7.36. The van der Waals surface area contributed by atoms with Crippen molar-refractivity contribution in [2.75, 3.05) is 32.1 Å². The van der Waals surface area contributed by atoms with Gasteiger partial charge in [0.05, 0.1) is 18.4 Å². The van der Waals surface area contributed by atoms with E-state index < -0.39 is 0 Å². The van der Waals surface area contributed by atoms with Crippen molar-refractivity contribution in [1.29, 1.82) is 0 Å². The van der Waals surface area contributed by atoms with Crippen LogP contribution >= 0.6 is 0 Å². The highest BCUT2D eigenvalue weighted by Crippen LogP contribution is 2.26. The van der Waals surface area contributed by atoms with E-state index in [0.717, 1.165) is 23.5 Å². The third-order valence-corrected chi connectivity index (χ3v) is 4.36. The van der Waals surface area contributed by atoms with Gasteiger partial charge >= 0.3 is 0 Å². The summed E-state index contributed by atoms with van der Waals surface area (Å²) in [6.45, 7) is 1.45. The summed E-state index contributed by atoms with van der Waals surface area (Å²) < 4.78 is 5.16. The summed E-state index contributed by atoms with van der Waals surface area (Å²) in [4.78, 5) is 14.6. The SMILES string of the molecule is COc1ccc(Nc2ccccc2C(=O)N2CCC(CO)C2)cc1. The molecule has 1 atom stereocenters. The summed E-state index contributed by atoms with van der Waals surface area (Å²) >= 11 is 0. The number of likely N-dealkylation sites (tertiary alicyclic amines) is 1. The summed E-state index contributed by atoms with van der Waals surface area (Å²) in [5.41, 5.74) is 2.32. The number of hydrogen-bond donors (Lipinski definition) is 2. The minimum absolute atomic E-state index is 0.00237. The quantitative estimate of drug-likeness (QED) is 0.887. The largest absolute Gasteiger partial charge is 0.497 e. The normalized spacial score (nSPS) is 16.9. The molecule has 5 nitrogen and oxygen atoms in total. The van der Waals surface area contributed by atoms with Crippen LogP contribution in [0.4, 0.5) is 11.4 Å². The molecule has 0 aliphatic carbocycles. The first-order valence-corrected chi connectivity index (χ1v) is 8.11. The van der Waals surface area contributed by atoms with E-state index >= 15 is 0 Å². The molecule has 0 bridgehead atoms. The Morgan fingerprint density at radius 1 is 1.25 bits per heavy atom. The Hall–Kier alpha value is -2.53. The summed E-state index contributed by atoms with van der Waals surface area (Å²) in [6, 6.07) is 15.1. The van der Waals surface area contributed by atoms with Crippen molar-refractivity contribution in [1.82, 2.24) is 4.90 Å². The van der Waals surface area contributed by atoms with E-state index in [4.69, 9.17) is 4.74 Å². The van der Waals surface area contributed by atoms with E-state index in [-0.39, 0.29) is 18.4 Å². The van der Waals surface area contributed by atoms with Crippen LogP contribution in [0.15, 0.2) is 48.5 Å². The summed E-state index contributed by atoms with van der Waals surface area (Å²) in [5, 5.41) is 12.6. The molecule has 0 aromatic heterocycles. The number of nitrogens with zero attached hydrogens (tertiary/aromatic N) is 1. The van der Waals surface area contributed by atoms with Gasteiger partial charge in [0, 0.05) is 31.3 Å². The zero-order valence-corrected chi connectivity index (χ0v) is 13.7. The van der Waals surface area contributed by atoms with E-state index in [1.807, 2.05) is 53.4 Å². The topological polar surface area (TPSA) is 61.8 Å². The Morgan fingerprint density at radius 2 is 2.00 bits per heavy atom. The second-order valence-electron chi connectivity index (χ2n) is 5.99. The standard InChI is InChI=1S/C19H22N2O3/c1-24-16-8-6-15(7-9-16)20-18-5-3-2-4-17(18)19(23)21-11-10-14(12-21)13-22/h2-9,14,20,22H,10-13H2,1H3. The number of anilines is 2. The number of aliphatic hydroxyl groups excluding tert-OH is 1. The molecule has 1 heterocycles. The van der Waals surface area contributed by atoms with E-state index in [2.05, 4.69) is 5.32 Å². The number of amides is 1. The fourth-order valence-corrected chi connectivity index (χ4v) is 2.94. The van der Waals surface area contributed by atoms with Gasteiger partial charge in [-0.15, -0.1) is 0 Å². The number of para-hydroxylation sites is 1. The maximum atomic E-state index is 12.8. The van der Waals surface area contributed by atoms with Crippen LogP contribution in [-0.2, 0) is 0 Å². The molecule has 1 aliphatic heterocycles. The van der Waals surface area contributed by atoms with E-state index in [1.54, 1.807) is 7.11 Å². The molecule has 0 radical (unpaired) electrons. The molecule has 1 unspecified atom stereocenters. The monoisotopic (exact) mass is 326 g/mol. The van der Waals surface area contributed by atoms with Crippen LogP contribution in [0.5, 0.6) is 5.75 Å². The smallest absolute Gasteiger partial charge is 0.255 e. The molecule has 2 aromatic rings. The maximum absolute atomic E-state index is 12.8. The van der Waals surface area contributed by atoms with Gasteiger partial charge in [-0.1, -0.05) is 12.1 Å². The van der Waals surface area contributed by atoms with Gasteiger partial charge in [-0.3, -0.25) is 4.79 Å². The third-order valence-electron chi connectivity index (χ3n) is 4.36. The summed E-state index contributed by atoms with van der Waals surface area (Å²) in [5.74, 6) is 0.982. The lowest BCUT2D eigenvalue weighted by molar-refractivity contribution is 0.0783. The van der Waals surface area contributed by atoms with Crippen molar-refractivity contribution in [2.24, 2.45) is 5.92 Å². The third kappa shape index (κ3) is 3.51. The lowest BCUT2D eigenvalue weighted by Gasteiger charge is -2.19. The van der Waals surface area contributed by atoms with Crippen molar-refractivity contribution in [3.63, 3.8) is 0 Å². The molecule has 2 N–H and O–H groups in total. The Labute approximate surface area is 141 Å². The second-order valence-corrected chi connectivity index (χ2v) is 5.99. The Kier molecular flexibility index (Phi) is 5.01. The zero-order chi connectivity index (χ0) is 16.9. The molecule has 1 aliphatic rings. The van der Waals surface area contributed by atoms with Gasteiger partial charge < -0.3 is 20.1 Å². The number of rotatable bonds is 5. The summed E-state index contributed by atoms with van der Waals surface area (Å²) in [7, 11) is 1.63. The van der Waals surface area contributed by atoms with Gasteiger partial charge in [0.1, 0.15) is 5.75 Å². The Bertz CT molecular complexity index is 700. The molecule has 126 valence electrons. The lowest BCUT2D eigenvalue weighted by Crippen LogP contribution is -2.29. The van der Waals surface area contributed by atoms with Gasteiger partial charge in [0.25, 0.3) is 5.91 Å². The fourth-order valence-electron chi connectivity index (χ4n) is 2.94. The molecule has 1 fully saturated rings. The molecule has 3 rings (SSSR count). The zero-order valence-electron chi connectivity index (χ0n) is 13.7. The van der Waals surface area contributed by atoms with Crippen LogP contribution in [0.25, 0.3) is 0 Å². The summed E-state index contributed by atoms with van der Waals surface area (Å²) in [6.07, 6.45) is 0.857. The predicted octanol–water partition coefficient (Wildman–Crippen LogP) is 2.89. The van der Waals surface area contributed by atoms with Crippen molar-refractivity contribution in [3.8, 4) is 5.75 Å². The van der Waals surface area contributed by atoms with Crippen molar-refractivity contribution in [3.05, 3.63) is 54.1 Å². The number of nitrogens with one attached hydrogen (secondary N) is 1. The van der Waals surface area contributed by atoms with E-state index in [9.17, 15) is 9.90 Å². The Morgan fingerprint density at radius 3 is 2.67 bits per heavy atom. The maximum Gasteiger partial charge on any atom is 0.255 e. The molecular weight excluding hydrogens is 304 g/mol. The molecule has 0 spiro atoms. The van der Waals surface area contributed by atoms with Crippen LogP contribution in [0.3, 0.4) is 0 Å². The van der Waals surface area contributed by atoms with Crippen LogP contribution in [0, 0.1) is 5.92 Å². The highest BCUT2D eigenvalue weighted by molar-refractivity contribution is 6.00. The highest BCUT2D eigenvalue weighted by atomic mass is 16.5. The Balaban J connectivity index is 1.78. The number of aliphatic hydroxyl groups is 1.